The zero-order valence-corrected chi connectivity index (χ0v) is 13.0. The molecule has 3 heterocycles. The minimum atomic E-state index is -0.181. The van der Waals surface area contributed by atoms with Crippen LogP contribution in [0.4, 0.5) is 0 Å². The van der Waals surface area contributed by atoms with Gasteiger partial charge in [0, 0.05) is 19.8 Å². The number of pyridine rings is 1. The van der Waals surface area contributed by atoms with Crippen LogP contribution in [-0.4, -0.2) is 42.0 Å². The number of rotatable bonds is 4. The van der Waals surface area contributed by atoms with E-state index in [1.54, 1.807) is 23.3 Å². The average Bonchev–Trinajstić information content (AvgIpc) is 3.19. The number of imidazole rings is 1. The summed E-state index contributed by atoms with van der Waals surface area (Å²) in [5.41, 5.74) is 3.73. The summed E-state index contributed by atoms with van der Waals surface area (Å²) in [4.78, 5) is 20.7. The summed E-state index contributed by atoms with van der Waals surface area (Å²) in [7, 11) is 1.87. The second kappa shape index (κ2) is 5.73. The van der Waals surface area contributed by atoms with Crippen LogP contribution in [0.25, 0.3) is 22.2 Å². The Labute approximate surface area is 137 Å². The lowest BCUT2D eigenvalue weighted by molar-refractivity contribution is 0.0951. The van der Waals surface area contributed by atoms with Crippen molar-refractivity contribution in [3.8, 4) is 0 Å². The Morgan fingerprint density at radius 2 is 2.08 bits per heavy atom. The van der Waals surface area contributed by atoms with Crippen molar-refractivity contribution in [3.05, 3.63) is 48.4 Å². The summed E-state index contributed by atoms with van der Waals surface area (Å²) in [6.07, 6.45) is 3.24. The van der Waals surface area contributed by atoms with E-state index in [2.05, 4.69) is 25.6 Å². The number of aromatic nitrogens is 6. The quantitative estimate of drug-likeness (QED) is 0.609. The van der Waals surface area contributed by atoms with Gasteiger partial charge in [0.1, 0.15) is 11.0 Å². The van der Waals surface area contributed by atoms with Crippen LogP contribution in [0.2, 0.25) is 0 Å². The van der Waals surface area contributed by atoms with Crippen LogP contribution in [0.5, 0.6) is 0 Å². The Bertz CT molecular complexity index is 1030. The van der Waals surface area contributed by atoms with Crippen molar-refractivity contribution >= 4 is 28.1 Å². The molecule has 1 amide bonds. The molecule has 0 saturated heterocycles. The fourth-order valence-electron chi connectivity index (χ4n) is 2.60. The van der Waals surface area contributed by atoms with Crippen molar-refractivity contribution in [1.82, 2.24) is 34.8 Å². The molecule has 0 aliphatic carbocycles. The van der Waals surface area contributed by atoms with Gasteiger partial charge >= 0.3 is 0 Å². The molecule has 1 aromatic carbocycles. The van der Waals surface area contributed by atoms with Crippen LogP contribution >= 0.6 is 0 Å². The number of carbonyl (C=O) groups is 1. The van der Waals surface area contributed by atoms with E-state index in [1.807, 2.05) is 35.9 Å². The maximum absolute atomic E-state index is 12.3. The molecule has 0 atom stereocenters. The third-order valence-corrected chi connectivity index (χ3v) is 3.84. The molecular weight excluding hydrogens is 306 g/mol. The van der Waals surface area contributed by atoms with E-state index in [4.69, 9.17) is 0 Å². The highest BCUT2D eigenvalue weighted by molar-refractivity contribution is 5.96. The molecule has 0 unspecified atom stereocenters. The molecule has 0 saturated carbocycles. The predicted molar refractivity (Wildman–Crippen MR) is 88.4 cm³/mol. The number of hydrogen-bond acceptors (Lipinski definition) is 5. The van der Waals surface area contributed by atoms with E-state index in [1.165, 1.54) is 0 Å². The molecule has 8 heteroatoms. The topological polar surface area (TPSA) is 90.5 Å². The van der Waals surface area contributed by atoms with Crippen molar-refractivity contribution in [1.29, 1.82) is 0 Å². The van der Waals surface area contributed by atoms with E-state index in [9.17, 15) is 4.79 Å². The van der Waals surface area contributed by atoms with Crippen LogP contribution in [0, 0.1) is 0 Å². The maximum atomic E-state index is 12.3. The van der Waals surface area contributed by atoms with Crippen molar-refractivity contribution in [2.75, 3.05) is 6.54 Å². The SMILES string of the molecule is Cn1cnc2cc(C(=O)NCCn3nnc4ccccc43)cnc21. The number of carbonyl (C=O) groups excluding carboxylic acids is 1. The minimum Gasteiger partial charge on any atom is -0.350 e. The second-order valence-electron chi connectivity index (χ2n) is 5.48. The van der Waals surface area contributed by atoms with Gasteiger partial charge < -0.3 is 9.88 Å². The molecule has 0 spiro atoms. The summed E-state index contributed by atoms with van der Waals surface area (Å²) in [6, 6.07) is 9.46. The van der Waals surface area contributed by atoms with Gasteiger partial charge in [-0.3, -0.25) is 4.79 Å². The molecule has 0 aliphatic heterocycles. The second-order valence-corrected chi connectivity index (χ2v) is 5.48. The summed E-state index contributed by atoms with van der Waals surface area (Å²) < 4.78 is 3.59. The van der Waals surface area contributed by atoms with Gasteiger partial charge in [-0.2, -0.15) is 0 Å². The van der Waals surface area contributed by atoms with Gasteiger partial charge in [0.05, 0.1) is 24.0 Å². The zero-order valence-electron chi connectivity index (χ0n) is 13.0. The van der Waals surface area contributed by atoms with Gasteiger partial charge in [-0.25, -0.2) is 14.6 Å². The van der Waals surface area contributed by atoms with Crippen molar-refractivity contribution in [2.24, 2.45) is 7.05 Å². The molecule has 0 bridgehead atoms. The molecule has 1 N–H and O–H groups in total. The zero-order chi connectivity index (χ0) is 16.5. The molecule has 120 valence electrons. The normalized spacial score (nSPS) is 11.2. The Hall–Kier alpha value is -3.29. The van der Waals surface area contributed by atoms with Crippen molar-refractivity contribution < 1.29 is 4.79 Å². The molecule has 24 heavy (non-hydrogen) atoms. The predicted octanol–water partition coefficient (Wildman–Crippen LogP) is 1.14. The van der Waals surface area contributed by atoms with E-state index >= 15 is 0 Å². The average molecular weight is 321 g/mol. The summed E-state index contributed by atoms with van der Waals surface area (Å²) in [5.74, 6) is -0.181. The van der Waals surface area contributed by atoms with Crippen LogP contribution < -0.4 is 5.32 Å². The number of fused-ring (bicyclic) bond motifs is 2. The highest BCUT2D eigenvalue weighted by Gasteiger charge is 2.10. The molecule has 0 radical (unpaired) electrons. The molecule has 3 aromatic heterocycles. The number of nitrogens with zero attached hydrogens (tertiary/aromatic N) is 6. The summed E-state index contributed by atoms with van der Waals surface area (Å²) in [5, 5.41) is 11.1. The fourth-order valence-corrected chi connectivity index (χ4v) is 2.60. The van der Waals surface area contributed by atoms with E-state index in [0.29, 0.717) is 24.2 Å². The van der Waals surface area contributed by atoms with Crippen LogP contribution in [0.15, 0.2) is 42.9 Å². The smallest absolute Gasteiger partial charge is 0.252 e. The first-order chi connectivity index (χ1) is 11.7. The minimum absolute atomic E-state index is 0.181. The Morgan fingerprint density at radius 1 is 1.21 bits per heavy atom. The van der Waals surface area contributed by atoms with Crippen LogP contribution in [-0.2, 0) is 13.6 Å². The Morgan fingerprint density at radius 3 is 3.00 bits per heavy atom. The lowest BCUT2D eigenvalue weighted by Gasteiger charge is -2.06. The Kier molecular flexibility index (Phi) is 3.42. The van der Waals surface area contributed by atoms with Gasteiger partial charge in [0.15, 0.2) is 5.65 Å². The lowest BCUT2D eigenvalue weighted by atomic mass is 10.2. The first-order valence-electron chi connectivity index (χ1n) is 7.56. The molecule has 0 aliphatic rings. The van der Waals surface area contributed by atoms with Gasteiger partial charge in [-0.15, -0.1) is 5.10 Å². The molecule has 8 nitrogen and oxygen atoms in total. The number of hydrogen-bond donors (Lipinski definition) is 1. The molecule has 4 aromatic rings. The highest BCUT2D eigenvalue weighted by atomic mass is 16.1. The molecular formula is C16H15N7O. The third-order valence-electron chi connectivity index (χ3n) is 3.84. The number of nitrogens with one attached hydrogen (secondary N) is 1. The monoisotopic (exact) mass is 321 g/mol. The molecule has 4 rings (SSSR count). The number of aryl methyl sites for hydroxylation is 1. The Balaban J connectivity index is 1.44. The number of para-hydroxylation sites is 1. The van der Waals surface area contributed by atoms with E-state index < -0.39 is 0 Å². The van der Waals surface area contributed by atoms with Crippen LogP contribution in [0.3, 0.4) is 0 Å². The largest absolute Gasteiger partial charge is 0.350 e. The number of benzene rings is 1. The number of amides is 1. The lowest BCUT2D eigenvalue weighted by Crippen LogP contribution is -2.27. The van der Waals surface area contributed by atoms with E-state index in [-0.39, 0.29) is 5.91 Å². The highest BCUT2D eigenvalue weighted by Crippen LogP contribution is 2.11. The van der Waals surface area contributed by atoms with Crippen LogP contribution in [0.1, 0.15) is 10.4 Å². The molecule has 0 fully saturated rings. The van der Waals surface area contributed by atoms with E-state index in [0.717, 1.165) is 16.7 Å². The fraction of sp³-hybridized carbons (Fsp3) is 0.188. The standard InChI is InChI=1S/C16H15N7O/c1-22-10-19-13-8-11(9-18-15(13)22)16(24)17-6-7-23-14-5-3-2-4-12(14)20-21-23/h2-5,8-10H,6-7H2,1H3,(H,17,24). The summed E-state index contributed by atoms with van der Waals surface area (Å²) >= 11 is 0. The van der Waals surface area contributed by atoms with Gasteiger partial charge in [-0.1, -0.05) is 17.3 Å². The summed E-state index contributed by atoms with van der Waals surface area (Å²) in [6.45, 7) is 0.998. The first-order valence-corrected chi connectivity index (χ1v) is 7.56. The van der Waals surface area contributed by atoms with Gasteiger partial charge in [0.25, 0.3) is 5.91 Å². The first kappa shape index (κ1) is 14.3. The maximum Gasteiger partial charge on any atom is 0.252 e. The van der Waals surface area contributed by atoms with Crippen molar-refractivity contribution in [2.45, 2.75) is 6.54 Å². The van der Waals surface area contributed by atoms with Gasteiger partial charge in [-0.05, 0) is 18.2 Å². The van der Waals surface area contributed by atoms with Gasteiger partial charge in [0.2, 0.25) is 0 Å². The van der Waals surface area contributed by atoms with Crippen molar-refractivity contribution in [3.63, 3.8) is 0 Å². The third kappa shape index (κ3) is 2.47.